The van der Waals surface area contributed by atoms with Gasteiger partial charge < -0.3 is 9.57 Å². The lowest BCUT2D eigenvalue weighted by Gasteiger charge is -2.28. The summed E-state index contributed by atoms with van der Waals surface area (Å²) in [4.78, 5) is 56.8. The number of fused-ring (bicyclic) bond motifs is 1. The first kappa shape index (κ1) is 20.5. The average Bonchev–Trinajstić information content (AvgIpc) is 3.42. The van der Waals surface area contributed by atoms with E-state index in [0.717, 1.165) is 0 Å². The molecule has 31 heavy (non-hydrogen) atoms. The van der Waals surface area contributed by atoms with Crippen LogP contribution in [-0.2, 0) is 9.57 Å². The number of likely N-dealkylation sites (tertiary alicyclic amines) is 1. The topological polar surface area (TPSA) is 135 Å². The Balaban J connectivity index is 1.53. The minimum Gasteiger partial charge on any atom is -0.444 e. The van der Waals surface area contributed by atoms with Gasteiger partial charge >= 0.3 is 12.1 Å². The molecule has 4 rings (SSSR count). The number of carbonyl (C=O) groups is 4. The Morgan fingerprint density at radius 3 is 2.35 bits per heavy atom. The van der Waals surface area contributed by atoms with E-state index in [4.69, 9.17) is 9.57 Å². The minimum absolute atomic E-state index is 0.146. The van der Waals surface area contributed by atoms with Gasteiger partial charge in [0.05, 0.1) is 17.2 Å². The normalized spacial score (nSPS) is 18.4. The lowest BCUT2D eigenvalue weighted by molar-refractivity contribution is -0.0590. The third kappa shape index (κ3) is 3.74. The monoisotopic (exact) mass is 427 g/mol. The Morgan fingerprint density at radius 1 is 1.10 bits per heavy atom. The molecule has 1 aromatic heterocycles. The molecule has 1 unspecified atom stereocenters. The molecule has 2 aliphatic heterocycles. The zero-order valence-electron chi connectivity index (χ0n) is 17.2. The summed E-state index contributed by atoms with van der Waals surface area (Å²) in [5.74, 6) is -2.51. The summed E-state index contributed by atoms with van der Waals surface area (Å²) in [5, 5.41) is 10.6. The maximum Gasteiger partial charge on any atom is 0.410 e. The molecule has 162 valence electrons. The number of imide groups is 1. The molecule has 0 radical (unpaired) electrons. The molecular formula is C20H21N5O6. The molecule has 1 N–H and O–H groups in total. The zero-order chi connectivity index (χ0) is 22.3. The Morgan fingerprint density at radius 2 is 1.74 bits per heavy atom. The van der Waals surface area contributed by atoms with Gasteiger partial charge in [-0.1, -0.05) is 17.2 Å². The molecule has 0 aliphatic carbocycles. The summed E-state index contributed by atoms with van der Waals surface area (Å²) in [6.07, 6.45) is 0.695. The number of amides is 3. The first-order chi connectivity index (χ1) is 14.7. The number of H-pyrrole nitrogens is 1. The molecule has 0 bridgehead atoms. The molecule has 1 aromatic carbocycles. The fourth-order valence-corrected chi connectivity index (χ4v) is 3.59. The van der Waals surface area contributed by atoms with Crippen LogP contribution >= 0.6 is 0 Å². The molecule has 1 saturated heterocycles. The van der Waals surface area contributed by atoms with Crippen LogP contribution in [0, 0.1) is 0 Å². The number of hydrogen-bond acceptors (Lipinski definition) is 8. The number of hydrogen-bond donors (Lipinski definition) is 1. The molecule has 1 fully saturated rings. The number of nitrogens with one attached hydrogen (secondary N) is 1. The van der Waals surface area contributed by atoms with Gasteiger partial charge in [-0.05, 0) is 45.7 Å². The number of aromatic nitrogens is 3. The van der Waals surface area contributed by atoms with Crippen LogP contribution in [0.5, 0.6) is 0 Å². The standard InChI is InChI=1S/C20H21N5O6/c1-20(2,3)30-19(29)24-10-6-9-13(24)14-15(22-23-21-14)18(28)31-25-16(26)11-7-4-5-8-12(11)17(25)27/h4-5,7-8,13H,6,9-10H2,1-3H3,(H,21,22,23). The summed E-state index contributed by atoms with van der Waals surface area (Å²) in [5.41, 5.74) is -0.413. The van der Waals surface area contributed by atoms with E-state index in [9.17, 15) is 19.2 Å². The molecule has 0 spiro atoms. The van der Waals surface area contributed by atoms with Crippen molar-refractivity contribution in [3.8, 4) is 0 Å². The second-order valence-corrected chi connectivity index (χ2v) is 8.22. The molecule has 2 aliphatic rings. The number of ether oxygens (including phenoxy) is 1. The Labute approximate surface area is 177 Å². The predicted molar refractivity (Wildman–Crippen MR) is 104 cm³/mol. The first-order valence-electron chi connectivity index (χ1n) is 9.78. The largest absolute Gasteiger partial charge is 0.444 e. The number of rotatable bonds is 3. The minimum atomic E-state index is -1.03. The van der Waals surface area contributed by atoms with E-state index in [0.29, 0.717) is 24.4 Å². The molecular weight excluding hydrogens is 406 g/mol. The van der Waals surface area contributed by atoms with Gasteiger partial charge in [-0.25, -0.2) is 9.59 Å². The number of benzene rings is 1. The Hall–Kier alpha value is -3.76. The van der Waals surface area contributed by atoms with Gasteiger partial charge in [0.1, 0.15) is 11.3 Å². The van der Waals surface area contributed by atoms with Gasteiger partial charge in [0.2, 0.25) is 0 Å². The third-order valence-electron chi connectivity index (χ3n) is 4.90. The second-order valence-electron chi connectivity index (χ2n) is 8.22. The lowest BCUT2D eigenvalue weighted by Crippen LogP contribution is -2.37. The van der Waals surface area contributed by atoms with Crippen molar-refractivity contribution in [2.24, 2.45) is 0 Å². The van der Waals surface area contributed by atoms with Gasteiger partial charge in [-0.3, -0.25) is 14.5 Å². The molecule has 11 nitrogen and oxygen atoms in total. The Kier molecular flexibility index (Phi) is 4.96. The maximum absolute atomic E-state index is 12.8. The van der Waals surface area contributed by atoms with Crippen LogP contribution in [0.25, 0.3) is 0 Å². The highest BCUT2D eigenvalue weighted by Gasteiger charge is 2.41. The van der Waals surface area contributed by atoms with Crippen molar-refractivity contribution in [2.45, 2.75) is 45.3 Å². The summed E-state index contributed by atoms with van der Waals surface area (Å²) < 4.78 is 5.44. The van der Waals surface area contributed by atoms with Crippen LogP contribution in [0.2, 0.25) is 0 Å². The van der Waals surface area contributed by atoms with Crippen LogP contribution in [0.3, 0.4) is 0 Å². The zero-order valence-corrected chi connectivity index (χ0v) is 17.2. The van der Waals surface area contributed by atoms with Crippen LogP contribution in [0.4, 0.5) is 4.79 Å². The van der Waals surface area contributed by atoms with Crippen molar-refractivity contribution < 1.29 is 28.8 Å². The fourth-order valence-electron chi connectivity index (χ4n) is 3.59. The molecule has 0 saturated carbocycles. The van der Waals surface area contributed by atoms with Gasteiger partial charge in [0, 0.05) is 6.54 Å². The molecule has 2 aromatic rings. The van der Waals surface area contributed by atoms with Crippen molar-refractivity contribution in [1.29, 1.82) is 0 Å². The highest BCUT2D eigenvalue weighted by Crippen LogP contribution is 2.34. The molecule has 3 amide bonds. The SMILES string of the molecule is CC(C)(C)OC(=O)N1CCCC1c1n[nH]nc1C(=O)ON1C(=O)c2ccccc2C1=O. The van der Waals surface area contributed by atoms with Crippen molar-refractivity contribution >= 4 is 23.9 Å². The van der Waals surface area contributed by atoms with E-state index in [2.05, 4.69) is 15.4 Å². The van der Waals surface area contributed by atoms with E-state index in [1.54, 1.807) is 32.9 Å². The smallest absolute Gasteiger partial charge is 0.410 e. The second kappa shape index (κ2) is 7.49. The third-order valence-corrected chi connectivity index (χ3v) is 4.90. The lowest BCUT2D eigenvalue weighted by atomic mass is 10.1. The molecule has 11 heteroatoms. The van der Waals surface area contributed by atoms with Crippen LogP contribution < -0.4 is 0 Å². The summed E-state index contributed by atoms with van der Waals surface area (Å²) in [7, 11) is 0. The first-order valence-corrected chi connectivity index (χ1v) is 9.78. The maximum atomic E-state index is 12.8. The fraction of sp³-hybridized carbons (Fsp3) is 0.400. The van der Waals surface area contributed by atoms with E-state index in [-0.39, 0.29) is 22.5 Å². The van der Waals surface area contributed by atoms with Crippen molar-refractivity contribution in [3.05, 3.63) is 46.8 Å². The van der Waals surface area contributed by atoms with Crippen molar-refractivity contribution in [3.63, 3.8) is 0 Å². The van der Waals surface area contributed by atoms with Gasteiger partial charge in [-0.15, -0.1) is 5.10 Å². The Bertz CT molecular complexity index is 1040. The van der Waals surface area contributed by atoms with Crippen LogP contribution in [0.1, 0.15) is 76.6 Å². The van der Waals surface area contributed by atoms with Gasteiger partial charge in [0.25, 0.3) is 11.8 Å². The van der Waals surface area contributed by atoms with Gasteiger partial charge in [-0.2, -0.15) is 10.3 Å². The number of aromatic amines is 1. The van der Waals surface area contributed by atoms with Crippen molar-refractivity contribution in [1.82, 2.24) is 25.4 Å². The molecule has 3 heterocycles. The van der Waals surface area contributed by atoms with E-state index >= 15 is 0 Å². The van der Waals surface area contributed by atoms with Gasteiger partial charge in [0.15, 0.2) is 5.69 Å². The van der Waals surface area contributed by atoms with E-state index in [1.807, 2.05) is 0 Å². The van der Waals surface area contributed by atoms with E-state index < -0.39 is 35.5 Å². The average molecular weight is 427 g/mol. The van der Waals surface area contributed by atoms with Crippen LogP contribution in [-0.4, -0.2) is 61.4 Å². The highest BCUT2D eigenvalue weighted by atomic mass is 16.7. The highest BCUT2D eigenvalue weighted by molar-refractivity contribution is 6.21. The summed E-state index contributed by atoms with van der Waals surface area (Å²) in [6, 6.07) is 5.61. The summed E-state index contributed by atoms with van der Waals surface area (Å²) in [6.45, 7) is 5.71. The van der Waals surface area contributed by atoms with E-state index in [1.165, 1.54) is 17.0 Å². The molecule has 1 atom stereocenters. The number of nitrogens with zero attached hydrogens (tertiary/aromatic N) is 4. The number of hydroxylamine groups is 2. The van der Waals surface area contributed by atoms with Crippen LogP contribution in [0.15, 0.2) is 24.3 Å². The van der Waals surface area contributed by atoms with Crippen molar-refractivity contribution in [2.75, 3.05) is 6.54 Å². The predicted octanol–water partition coefficient (Wildman–Crippen LogP) is 2.24. The quantitative estimate of drug-likeness (QED) is 0.737. The summed E-state index contributed by atoms with van der Waals surface area (Å²) >= 11 is 0. The number of carbonyl (C=O) groups excluding carboxylic acids is 4.